The minimum Gasteiger partial charge on any atom is -0.353 e. The maximum Gasteiger partial charge on any atom is 0.225 e. The number of rotatable bonds is 5. The van der Waals surface area contributed by atoms with Crippen LogP contribution < -0.4 is 5.32 Å². The number of carbonyl (C=O) groups excluding carboxylic acids is 2. The van der Waals surface area contributed by atoms with E-state index in [2.05, 4.69) is 42.3 Å². The van der Waals surface area contributed by atoms with E-state index in [4.69, 9.17) is 0 Å². The molecule has 0 unspecified atom stereocenters. The van der Waals surface area contributed by atoms with Gasteiger partial charge in [0.25, 0.3) is 0 Å². The average Bonchev–Trinajstić information content (AvgIpc) is 2.64. The summed E-state index contributed by atoms with van der Waals surface area (Å²) in [4.78, 5) is 26.6. The molecule has 0 bridgehead atoms. The summed E-state index contributed by atoms with van der Waals surface area (Å²) in [5.74, 6) is 1.29. The van der Waals surface area contributed by atoms with Crippen LogP contribution in [0, 0.1) is 25.2 Å². The summed E-state index contributed by atoms with van der Waals surface area (Å²) < 4.78 is 0. The van der Waals surface area contributed by atoms with Crippen molar-refractivity contribution in [3.8, 4) is 0 Å². The first-order valence-corrected chi connectivity index (χ1v) is 11.5. The van der Waals surface area contributed by atoms with Gasteiger partial charge >= 0.3 is 0 Å². The first-order valence-electron chi connectivity index (χ1n) is 11.5. The van der Waals surface area contributed by atoms with Gasteiger partial charge in [-0.1, -0.05) is 30.7 Å². The van der Waals surface area contributed by atoms with Gasteiger partial charge in [-0.3, -0.25) is 9.59 Å². The summed E-state index contributed by atoms with van der Waals surface area (Å²) in [5, 5.41) is 3.06. The standard InChI is InChI=1S/C25H36N2O2/c1-4-5-23(28)26-21-13-19(14-21)24(29)27-10-8-25(9-11-27)15-20(16-25)22-12-17(2)6-7-18(22)3/h6-7,12,19-21H,4-5,8-11,13-16H2,1-3H3,(H,26,28)/t19-,21+. The van der Waals surface area contributed by atoms with Gasteiger partial charge in [0.15, 0.2) is 0 Å². The third-order valence-corrected chi connectivity index (χ3v) is 7.70. The van der Waals surface area contributed by atoms with E-state index in [0.717, 1.165) is 45.2 Å². The highest BCUT2D eigenvalue weighted by atomic mass is 16.2. The number of hydrogen-bond donors (Lipinski definition) is 1. The Balaban J connectivity index is 1.22. The minimum absolute atomic E-state index is 0.125. The van der Waals surface area contributed by atoms with Crippen LogP contribution in [0.1, 0.15) is 80.9 Å². The third-order valence-electron chi connectivity index (χ3n) is 7.70. The number of benzene rings is 1. The molecule has 29 heavy (non-hydrogen) atoms. The van der Waals surface area contributed by atoms with Crippen molar-refractivity contribution in [1.82, 2.24) is 10.2 Å². The van der Waals surface area contributed by atoms with Crippen LogP contribution in [-0.2, 0) is 9.59 Å². The number of amides is 2. The van der Waals surface area contributed by atoms with Gasteiger partial charge < -0.3 is 10.2 Å². The van der Waals surface area contributed by atoms with Crippen LogP contribution in [0.3, 0.4) is 0 Å². The van der Waals surface area contributed by atoms with Crippen LogP contribution in [0.5, 0.6) is 0 Å². The number of carbonyl (C=O) groups is 2. The molecule has 4 nitrogen and oxygen atoms in total. The Bertz CT molecular complexity index is 765. The number of nitrogens with zero attached hydrogens (tertiary/aromatic N) is 1. The molecule has 0 radical (unpaired) electrons. The Labute approximate surface area is 175 Å². The topological polar surface area (TPSA) is 49.4 Å². The normalized spacial score (nSPS) is 26.0. The van der Waals surface area contributed by atoms with Gasteiger partial charge in [0.05, 0.1) is 0 Å². The molecule has 4 rings (SSSR count). The summed E-state index contributed by atoms with van der Waals surface area (Å²) in [7, 11) is 0. The smallest absolute Gasteiger partial charge is 0.225 e. The summed E-state index contributed by atoms with van der Waals surface area (Å²) in [6.07, 6.45) is 8.00. The first kappa shape index (κ1) is 20.4. The Morgan fingerprint density at radius 2 is 1.83 bits per heavy atom. The number of likely N-dealkylation sites (tertiary alicyclic amines) is 1. The van der Waals surface area contributed by atoms with E-state index in [9.17, 15) is 9.59 Å². The van der Waals surface area contributed by atoms with E-state index in [-0.39, 0.29) is 17.9 Å². The average molecular weight is 397 g/mol. The van der Waals surface area contributed by atoms with E-state index in [1.165, 1.54) is 24.0 Å². The van der Waals surface area contributed by atoms with Gasteiger partial charge in [0.1, 0.15) is 0 Å². The fraction of sp³-hybridized carbons (Fsp3) is 0.680. The maximum absolute atomic E-state index is 12.8. The molecule has 1 aromatic rings. The summed E-state index contributed by atoms with van der Waals surface area (Å²) in [6.45, 7) is 8.27. The molecule has 1 saturated heterocycles. The van der Waals surface area contributed by atoms with Crippen LogP contribution in [0.4, 0.5) is 0 Å². The second kappa shape index (κ2) is 8.12. The second-order valence-corrected chi connectivity index (χ2v) is 9.97. The van der Waals surface area contributed by atoms with E-state index >= 15 is 0 Å². The van der Waals surface area contributed by atoms with Crippen molar-refractivity contribution >= 4 is 11.8 Å². The summed E-state index contributed by atoms with van der Waals surface area (Å²) in [5.41, 5.74) is 4.79. The van der Waals surface area contributed by atoms with Crippen molar-refractivity contribution in [3.05, 3.63) is 34.9 Å². The van der Waals surface area contributed by atoms with Gasteiger partial charge in [-0.2, -0.15) is 0 Å². The highest BCUT2D eigenvalue weighted by Gasteiger charge is 2.48. The molecule has 1 aliphatic heterocycles. The zero-order chi connectivity index (χ0) is 20.6. The molecule has 2 amide bonds. The lowest BCUT2D eigenvalue weighted by atomic mass is 9.55. The van der Waals surface area contributed by atoms with Gasteiger partial charge in [-0.05, 0) is 81.3 Å². The molecule has 1 spiro atoms. The van der Waals surface area contributed by atoms with Crippen molar-refractivity contribution in [3.63, 3.8) is 0 Å². The van der Waals surface area contributed by atoms with Gasteiger partial charge in [-0.25, -0.2) is 0 Å². The minimum atomic E-state index is 0.125. The lowest BCUT2D eigenvalue weighted by molar-refractivity contribution is -0.143. The van der Waals surface area contributed by atoms with Crippen molar-refractivity contribution in [2.75, 3.05) is 13.1 Å². The second-order valence-electron chi connectivity index (χ2n) is 9.97. The van der Waals surface area contributed by atoms with Gasteiger partial charge in [0.2, 0.25) is 11.8 Å². The Morgan fingerprint density at radius 1 is 1.14 bits per heavy atom. The van der Waals surface area contributed by atoms with Crippen LogP contribution in [-0.4, -0.2) is 35.8 Å². The molecular weight excluding hydrogens is 360 g/mol. The van der Waals surface area contributed by atoms with E-state index in [0.29, 0.717) is 23.7 Å². The van der Waals surface area contributed by atoms with E-state index in [1.807, 2.05) is 6.92 Å². The molecule has 1 aromatic carbocycles. The summed E-state index contributed by atoms with van der Waals surface area (Å²) in [6, 6.07) is 7.05. The Kier molecular flexibility index (Phi) is 5.72. The lowest BCUT2D eigenvalue weighted by Crippen LogP contribution is -2.53. The van der Waals surface area contributed by atoms with Crippen LogP contribution in [0.2, 0.25) is 0 Å². The monoisotopic (exact) mass is 396 g/mol. The van der Waals surface area contributed by atoms with Crippen LogP contribution >= 0.6 is 0 Å². The third kappa shape index (κ3) is 4.22. The SMILES string of the molecule is CCCC(=O)N[C@H]1C[C@@H](C(=O)N2CCC3(CC2)CC(c2cc(C)ccc2C)C3)C1. The zero-order valence-electron chi connectivity index (χ0n) is 18.3. The molecular formula is C25H36N2O2. The number of nitrogens with one attached hydrogen (secondary N) is 1. The molecule has 158 valence electrons. The molecule has 1 heterocycles. The molecule has 2 saturated carbocycles. The molecule has 2 aliphatic carbocycles. The lowest BCUT2D eigenvalue weighted by Gasteiger charge is -2.53. The van der Waals surface area contributed by atoms with Crippen molar-refractivity contribution in [1.29, 1.82) is 0 Å². The molecule has 0 aromatic heterocycles. The van der Waals surface area contributed by atoms with E-state index < -0.39 is 0 Å². The van der Waals surface area contributed by atoms with E-state index in [1.54, 1.807) is 5.56 Å². The highest BCUT2D eigenvalue weighted by Crippen LogP contribution is 2.57. The van der Waals surface area contributed by atoms with Crippen molar-refractivity contribution < 1.29 is 9.59 Å². The highest BCUT2D eigenvalue weighted by molar-refractivity contribution is 5.81. The van der Waals surface area contributed by atoms with Gasteiger partial charge in [0, 0.05) is 31.5 Å². The summed E-state index contributed by atoms with van der Waals surface area (Å²) >= 11 is 0. The first-order chi connectivity index (χ1) is 13.9. The van der Waals surface area contributed by atoms with Crippen molar-refractivity contribution in [2.45, 2.75) is 84.1 Å². The molecule has 0 atom stereocenters. The number of piperidine rings is 1. The molecule has 4 heteroatoms. The van der Waals surface area contributed by atoms with Crippen molar-refractivity contribution in [2.24, 2.45) is 11.3 Å². The molecule has 3 fully saturated rings. The fourth-order valence-corrected chi connectivity index (χ4v) is 5.74. The maximum atomic E-state index is 12.8. The molecule has 3 aliphatic rings. The van der Waals surface area contributed by atoms with Crippen LogP contribution in [0.15, 0.2) is 18.2 Å². The number of aryl methyl sites for hydroxylation is 2. The predicted octanol–water partition coefficient (Wildman–Crippen LogP) is 4.48. The van der Waals surface area contributed by atoms with Crippen LogP contribution in [0.25, 0.3) is 0 Å². The Hall–Kier alpha value is -1.84. The largest absolute Gasteiger partial charge is 0.353 e. The van der Waals surface area contributed by atoms with Gasteiger partial charge in [-0.15, -0.1) is 0 Å². The quantitative estimate of drug-likeness (QED) is 0.797. The Morgan fingerprint density at radius 3 is 2.48 bits per heavy atom. The zero-order valence-corrected chi connectivity index (χ0v) is 18.3. The number of hydrogen-bond acceptors (Lipinski definition) is 2. The molecule has 1 N–H and O–H groups in total. The predicted molar refractivity (Wildman–Crippen MR) is 116 cm³/mol. The fourth-order valence-electron chi connectivity index (χ4n) is 5.74.